The highest BCUT2D eigenvalue weighted by atomic mass is 32.1. The first-order valence-corrected chi connectivity index (χ1v) is 8.96. The van der Waals surface area contributed by atoms with Crippen molar-refractivity contribution in [1.82, 2.24) is 10.2 Å². The molecule has 1 amide bonds. The molecule has 0 saturated carbocycles. The van der Waals surface area contributed by atoms with Gasteiger partial charge in [-0.1, -0.05) is 18.2 Å². The number of nitrogens with zero attached hydrogens (tertiary/aromatic N) is 1. The molecule has 6 heteroatoms. The third-order valence-corrected chi connectivity index (χ3v) is 5.10. The lowest BCUT2D eigenvalue weighted by atomic mass is 10.1. The predicted molar refractivity (Wildman–Crippen MR) is 92.6 cm³/mol. The van der Waals surface area contributed by atoms with Crippen LogP contribution in [-0.2, 0) is 16.0 Å². The second-order valence-electron chi connectivity index (χ2n) is 5.79. The monoisotopic (exact) mass is 348 g/mol. The van der Waals surface area contributed by atoms with Gasteiger partial charge in [0.25, 0.3) is 0 Å². The van der Waals surface area contributed by atoms with Gasteiger partial charge in [-0.05, 0) is 29.1 Å². The average molecular weight is 348 g/mol. The van der Waals surface area contributed by atoms with E-state index in [1.807, 2.05) is 6.07 Å². The smallest absolute Gasteiger partial charge is 0.224 e. The molecule has 1 atom stereocenters. The van der Waals surface area contributed by atoms with Gasteiger partial charge in [0.2, 0.25) is 5.91 Å². The lowest BCUT2D eigenvalue weighted by Crippen LogP contribution is -2.43. The Kier molecular flexibility index (Phi) is 5.96. The van der Waals surface area contributed by atoms with Crippen LogP contribution >= 0.6 is 11.3 Å². The first-order chi connectivity index (χ1) is 11.7. The molecule has 1 fully saturated rings. The van der Waals surface area contributed by atoms with Crippen LogP contribution < -0.4 is 5.32 Å². The summed E-state index contributed by atoms with van der Waals surface area (Å²) in [6.07, 6.45) is 0.264. The lowest BCUT2D eigenvalue weighted by molar-refractivity contribution is -0.120. The highest BCUT2D eigenvalue weighted by Crippen LogP contribution is 2.25. The molecule has 0 bridgehead atoms. The highest BCUT2D eigenvalue weighted by Gasteiger charge is 2.23. The summed E-state index contributed by atoms with van der Waals surface area (Å²) in [5.41, 5.74) is 0.813. The van der Waals surface area contributed by atoms with Gasteiger partial charge < -0.3 is 10.1 Å². The Hall–Kier alpha value is -1.76. The number of amides is 1. The number of morpholine rings is 1. The van der Waals surface area contributed by atoms with Gasteiger partial charge in [-0.2, -0.15) is 0 Å². The number of benzene rings is 1. The maximum atomic E-state index is 12.9. The number of nitrogens with one attached hydrogen (secondary N) is 1. The summed E-state index contributed by atoms with van der Waals surface area (Å²) in [4.78, 5) is 15.8. The van der Waals surface area contributed by atoms with Gasteiger partial charge in [-0.15, -0.1) is 11.3 Å². The minimum atomic E-state index is -0.288. The Morgan fingerprint density at radius 3 is 2.67 bits per heavy atom. The first-order valence-electron chi connectivity index (χ1n) is 8.09. The lowest BCUT2D eigenvalue weighted by Gasteiger charge is -2.34. The second kappa shape index (κ2) is 8.37. The summed E-state index contributed by atoms with van der Waals surface area (Å²) < 4.78 is 18.4. The minimum absolute atomic E-state index is 0.0450. The van der Waals surface area contributed by atoms with E-state index in [0.29, 0.717) is 6.54 Å². The van der Waals surface area contributed by atoms with Crippen LogP contribution in [0.15, 0.2) is 41.8 Å². The van der Waals surface area contributed by atoms with Gasteiger partial charge in [0.1, 0.15) is 5.82 Å². The standard InChI is InChI=1S/C18H21FN2O2S/c19-15-5-3-14(4-6-15)12-18(22)20-13-16(17-2-1-11-24-17)21-7-9-23-10-8-21/h1-6,11,16H,7-10,12-13H2,(H,20,22)/t16-/m1/s1. The van der Waals surface area contributed by atoms with E-state index >= 15 is 0 Å². The summed E-state index contributed by atoms with van der Waals surface area (Å²) in [5.74, 6) is -0.333. The van der Waals surface area contributed by atoms with Gasteiger partial charge in [0.05, 0.1) is 25.7 Å². The Labute approximate surface area is 145 Å². The summed E-state index contributed by atoms with van der Waals surface area (Å²) in [5, 5.41) is 5.08. The molecule has 0 spiro atoms. The summed E-state index contributed by atoms with van der Waals surface area (Å²) in [6, 6.07) is 10.4. The van der Waals surface area contributed by atoms with E-state index in [4.69, 9.17) is 4.74 Å². The van der Waals surface area contributed by atoms with E-state index in [2.05, 4.69) is 21.7 Å². The van der Waals surface area contributed by atoms with Crippen LogP contribution in [0.4, 0.5) is 4.39 Å². The third kappa shape index (κ3) is 4.63. The molecule has 1 aromatic carbocycles. The Morgan fingerprint density at radius 2 is 2.00 bits per heavy atom. The molecule has 1 N–H and O–H groups in total. The van der Waals surface area contributed by atoms with Gasteiger partial charge in [-0.3, -0.25) is 9.69 Å². The van der Waals surface area contributed by atoms with E-state index in [0.717, 1.165) is 31.9 Å². The van der Waals surface area contributed by atoms with Gasteiger partial charge in [0, 0.05) is 24.5 Å². The second-order valence-corrected chi connectivity index (χ2v) is 6.77. The van der Waals surface area contributed by atoms with Gasteiger partial charge >= 0.3 is 0 Å². The molecule has 0 aliphatic carbocycles. The minimum Gasteiger partial charge on any atom is -0.379 e. The molecular weight excluding hydrogens is 327 g/mol. The fourth-order valence-corrected chi connectivity index (χ4v) is 3.70. The molecule has 24 heavy (non-hydrogen) atoms. The number of halogens is 1. The fourth-order valence-electron chi connectivity index (χ4n) is 2.84. The van der Waals surface area contributed by atoms with Gasteiger partial charge in [0.15, 0.2) is 0 Å². The zero-order valence-electron chi connectivity index (χ0n) is 13.4. The van der Waals surface area contributed by atoms with E-state index < -0.39 is 0 Å². The van der Waals surface area contributed by atoms with Crippen LogP contribution in [0.3, 0.4) is 0 Å². The van der Waals surface area contributed by atoms with Crippen molar-refractivity contribution in [3.63, 3.8) is 0 Å². The normalized spacial score (nSPS) is 16.7. The van der Waals surface area contributed by atoms with Crippen LogP contribution in [0, 0.1) is 5.82 Å². The van der Waals surface area contributed by atoms with Crippen molar-refractivity contribution >= 4 is 17.2 Å². The van der Waals surface area contributed by atoms with Crippen molar-refractivity contribution in [2.45, 2.75) is 12.5 Å². The first kappa shape index (κ1) is 17.1. The van der Waals surface area contributed by atoms with Crippen molar-refractivity contribution in [1.29, 1.82) is 0 Å². The number of thiophene rings is 1. The van der Waals surface area contributed by atoms with E-state index in [-0.39, 0.29) is 24.2 Å². The number of hydrogen-bond donors (Lipinski definition) is 1. The zero-order valence-corrected chi connectivity index (χ0v) is 14.2. The molecule has 3 rings (SSSR count). The van der Waals surface area contributed by atoms with Crippen LogP contribution in [0.1, 0.15) is 16.5 Å². The largest absolute Gasteiger partial charge is 0.379 e. The Balaban J connectivity index is 1.58. The molecule has 1 aromatic heterocycles. The van der Waals surface area contributed by atoms with Crippen molar-refractivity contribution in [2.24, 2.45) is 0 Å². The van der Waals surface area contributed by atoms with Crippen LogP contribution in [0.25, 0.3) is 0 Å². The van der Waals surface area contributed by atoms with Gasteiger partial charge in [-0.25, -0.2) is 4.39 Å². The molecule has 2 aromatic rings. The SMILES string of the molecule is O=C(Cc1ccc(F)cc1)NC[C@H](c1cccs1)N1CCOCC1. The van der Waals surface area contributed by atoms with E-state index in [9.17, 15) is 9.18 Å². The highest BCUT2D eigenvalue weighted by molar-refractivity contribution is 7.10. The van der Waals surface area contributed by atoms with E-state index in [1.165, 1.54) is 17.0 Å². The third-order valence-electron chi connectivity index (χ3n) is 4.13. The summed E-state index contributed by atoms with van der Waals surface area (Å²) in [6.45, 7) is 3.77. The Bertz CT molecular complexity index is 640. The van der Waals surface area contributed by atoms with Crippen LogP contribution in [0.5, 0.6) is 0 Å². The molecule has 4 nitrogen and oxygen atoms in total. The number of carbonyl (C=O) groups is 1. The maximum absolute atomic E-state index is 12.9. The van der Waals surface area contributed by atoms with E-state index in [1.54, 1.807) is 23.5 Å². The summed E-state index contributed by atoms with van der Waals surface area (Å²) >= 11 is 1.71. The van der Waals surface area contributed by atoms with Crippen molar-refractivity contribution < 1.29 is 13.9 Å². The molecule has 1 saturated heterocycles. The molecular formula is C18H21FN2O2S. The Morgan fingerprint density at radius 1 is 1.25 bits per heavy atom. The molecule has 1 aliphatic heterocycles. The maximum Gasteiger partial charge on any atom is 0.224 e. The molecule has 0 unspecified atom stereocenters. The number of ether oxygens (including phenoxy) is 1. The summed E-state index contributed by atoms with van der Waals surface area (Å²) in [7, 11) is 0. The topological polar surface area (TPSA) is 41.6 Å². The van der Waals surface area contributed by atoms with Crippen molar-refractivity contribution in [2.75, 3.05) is 32.8 Å². The van der Waals surface area contributed by atoms with Crippen LogP contribution in [0.2, 0.25) is 0 Å². The van der Waals surface area contributed by atoms with Crippen LogP contribution in [-0.4, -0.2) is 43.7 Å². The quantitative estimate of drug-likeness (QED) is 0.873. The van der Waals surface area contributed by atoms with Crippen molar-refractivity contribution in [3.8, 4) is 0 Å². The fraction of sp³-hybridized carbons (Fsp3) is 0.389. The molecule has 128 valence electrons. The molecule has 2 heterocycles. The predicted octanol–water partition coefficient (Wildman–Crippen LogP) is 2.62. The number of rotatable bonds is 6. The number of carbonyl (C=O) groups excluding carboxylic acids is 1. The molecule has 1 aliphatic rings. The zero-order chi connectivity index (χ0) is 16.8. The molecule has 0 radical (unpaired) electrons. The van der Waals surface area contributed by atoms with Crippen molar-refractivity contribution in [3.05, 3.63) is 58.0 Å². The number of hydrogen-bond acceptors (Lipinski definition) is 4. The average Bonchev–Trinajstić information content (AvgIpc) is 3.12.